The highest BCUT2D eigenvalue weighted by molar-refractivity contribution is 7.90. The van der Waals surface area contributed by atoms with E-state index in [0.717, 1.165) is 12.3 Å². The number of rotatable bonds is 5. The van der Waals surface area contributed by atoms with Gasteiger partial charge in [0.1, 0.15) is 21.5 Å². The highest BCUT2D eigenvalue weighted by Gasteiger charge is 2.15. The Balaban J connectivity index is 2.73. The quantitative estimate of drug-likeness (QED) is 0.896. The maximum atomic E-state index is 13.0. The molecule has 0 aliphatic heterocycles. The summed E-state index contributed by atoms with van der Waals surface area (Å²) in [6, 6.07) is 2.64. The van der Waals surface area contributed by atoms with Gasteiger partial charge in [0.2, 0.25) is 0 Å². The third-order valence-electron chi connectivity index (χ3n) is 2.47. The summed E-state index contributed by atoms with van der Waals surface area (Å²) in [5.41, 5.74) is 0.452. The second kappa shape index (κ2) is 5.75. The Kier molecular flexibility index (Phi) is 4.81. The van der Waals surface area contributed by atoms with E-state index in [1.165, 1.54) is 12.1 Å². The monoisotopic (exact) mass is 277 g/mol. The third-order valence-corrected chi connectivity index (χ3v) is 3.58. The van der Waals surface area contributed by atoms with E-state index in [4.69, 9.17) is 0 Å². The zero-order valence-corrected chi connectivity index (χ0v) is 11.4. The number of sulfone groups is 1. The molecular weight excluding hydrogens is 260 g/mol. The van der Waals surface area contributed by atoms with Crippen LogP contribution in [0.3, 0.4) is 0 Å². The number of nitrogens with one attached hydrogen (secondary N) is 1. The van der Waals surface area contributed by atoms with Crippen molar-refractivity contribution in [2.24, 2.45) is 0 Å². The molecular formula is C12H17F2NO2S. The van der Waals surface area contributed by atoms with Crippen molar-refractivity contribution in [3.63, 3.8) is 0 Å². The van der Waals surface area contributed by atoms with E-state index in [0.29, 0.717) is 5.56 Å². The molecule has 0 fully saturated rings. The van der Waals surface area contributed by atoms with E-state index in [1.807, 2.05) is 0 Å². The predicted molar refractivity (Wildman–Crippen MR) is 67.1 cm³/mol. The lowest BCUT2D eigenvalue weighted by Crippen LogP contribution is -2.34. The number of benzene rings is 1. The lowest BCUT2D eigenvalue weighted by atomic mass is 10.1. The van der Waals surface area contributed by atoms with Crippen LogP contribution < -0.4 is 5.32 Å². The fourth-order valence-corrected chi connectivity index (χ4v) is 2.85. The lowest BCUT2D eigenvalue weighted by molar-refractivity contribution is 0.493. The average molecular weight is 277 g/mol. The van der Waals surface area contributed by atoms with Crippen molar-refractivity contribution in [2.75, 3.05) is 12.0 Å². The van der Waals surface area contributed by atoms with Gasteiger partial charge in [0.15, 0.2) is 0 Å². The van der Waals surface area contributed by atoms with Gasteiger partial charge in [0.25, 0.3) is 0 Å². The molecule has 1 rings (SSSR count). The van der Waals surface area contributed by atoms with Gasteiger partial charge in [-0.15, -0.1) is 0 Å². The van der Waals surface area contributed by atoms with Gasteiger partial charge in [-0.05, 0) is 31.5 Å². The summed E-state index contributed by atoms with van der Waals surface area (Å²) < 4.78 is 48.3. The third kappa shape index (κ3) is 5.10. The van der Waals surface area contributed by atoms with Crippen molar-refractivity contribution in [3.8, 4) is 0 Å². The van der Waals surface area contributed by atoms with Crippen LogP contribution in [0.25, 0.3) is 0 Å². The van der Waals surface area contributed by atoms with Crippen LogP contribution in [0.4, 0.5) is 8.78 Å². The van der Waals surface area contributed by atoms with Gasteiger partial charge >= 0.3 is 0 Å². The SMILES string of the molecule is CC(CS(C)(=O)=O)NC(C)c1cc(F)cc(F)c1. The van der Waals surface area contributed by atoms with Gasteiger partial charge in [0, 0.05) is 24.4 Å². The van der Waals surface area contributed by atoms with E-state index >= 15 is 0 Å². The van der Waals surface area contributed by atoms with Crippen molar-refractivity contribution >= 4 is 9.84 Å². The molecule has 3 nitrogen and oxygen atoms in total. The maximum absolute atomic E-state index is 13.0. The first-order chi connectivity index (χ1) is 8.17. The van der Waals surface area contributed by atoms with Crippen LogP contribution in [0.1, 0.15) is 25.5 Å². The average Bonchev–Trinajstić information content (AvgIpc) is 2.12. The van der Waals surface area contributed by atoms with Gasteiger partial charge < -0.3 is 5.32 Å². The van der Waals surface area contributed by atoms with Gasteiger partial charge in [-0.25, -0.2) is 17.2 Å². The summed E-state index contributed by atoms with van der Waals surface area (Å²) in [7, 11) is -3.08. The zero-order chi connectivity index (χ0) is 13.9. The van der Waals surface area contributed by atoms with Crippen LogP contribution in [0.15, 0.2) is 18.2 Å². The smallest absolute Gasteiger partial charge is 0.148 e. The summed E-state index contributed by atoms with van der Waals surface area (Å²) in [5.74, 6) is -1.31. The predicted octanol–water partition coefficient (Wildman–Crippen LogP) is 2.05. The summed E-state index contributed by atoms with van der Waals surface area (Å²) in [6.07, 6.45) is 1.15. The number of hydrogen-bond acceptors (Lipinski definition) is 3. The molecule has 2 atom stereocenters. The molecule has 102 valence electrons. The van der Waals surface area contributed by atoms with E-state index < -0.39 is 21.5 Å². The minimum Gasteiger partial charge on any atom is -0.307 e. The number of hydrogen-bond donors (Lipinski definition) is 1. The van der Waals surface area contributed by atoms with E-state index in [-0.39, 0.29) is 17.8 Å². The summed E-state index contributed by atoms with van der Waals surface area (Å²) in [4.78, 5) is 0. The van der Waals surface area contributed by atoms with Crippen molar-refractivity contribution < 1.29 is 17.2 Å². The van der Waals surface area contributed by atoms with E-state index in [2.05, 4.69) is 5.32 Å². The van der Waals surface area contributed by atoms with Gasteiger partial charge in [-0.3, -0.25) is 0 Å². The van der Waals surface area contributed by atoms with E-state index in [9.17, 15) is 17.2 Å². The van der Waals surface area contributed by atoms with Crippen LogP contribution >= 0.6 is 0 Å². The summed E-state index contributed by atoms with van der Waals surface area (Å²) in [6.45, 7) is 3.44. The molecule has 1 aromatic rings. The Labute approximate surface area is 106 Å². The van der Waals surface area contributed by atoms with Gasteiger partial charge in [-0.1, -0.05) is 0 Å². The molecule has 0 saturated heterocycles. The minimum atomic E-state index is -3.08. The molecule has 0 spiro atoms. The Morgan fingerprint density at radius 1 is 1.17 bits per heavy atom. The first kappa shape index (κ1) is 15.0. The Hall–Kier alpha value is -1.01. The molecule has 6 heteroatoms. The van der Waals surface area contributed by atoms with Gasteiger partial charge in [0.05, 0.1) is 5.75 Å². The molecule has 0 aliphatic carbocycles. The molecule has 1 aromatic carbocycles. The van der Waals surface area contributed by atoms with Crippen molar-refractivity contribution in [2.45, 2.75) is 25.9 Å². The lowest BCUT2D eigenvalue weighted by Gasteiger charge is -2.19. The van der Waals surface area contributed by atoms with Crippen LogP contribution in [-0.4, -0.2) is 26.5 Å². The molecule has 0 radical (unpaired) electrons. The van der Waals surface area contributed by atoms with Crippen molar-refractivity contribution in [3.05, 3.63) is 35.4 Å². The van der Waals surface area contributed by atoms with Crippen molar-refractivity contribution in [1.29, 1.82) is 0 Å². The topological polar surface area (TPSA) is 46.2 Å². The highest BCUT2D eigenvalue weighted by atomic mass is 32.2. The molecule has 0 bridgehead atoms. The van der Waals surface area contributed by atoms with Crippen LogP contribution in [0, 0.1) is 11.6 Å². The van der Waals surface area contributed by atoms with Crippen molar-refractivity contribution in [1.82, 2.24) is 5.32 Å². The first-order valence-corrected chi connectivity index (χ1v) is 7.63. The van der Waals surface area contributed by atoms with Crippen LogP contribution in [0.5, 0.6) is 0 Å². The second-order valence-corrected chi connectivity index (χ2v) is 6.77. The fraction of sp³-hybridized carbons (Fsp3) is 0.500. The van der Waals surface area contributed by atoms with Crippen LogP contribution in [0.2, 0.25) is 0 Å². The first-order valence-electron chi connectivity index (χ1n) is 5.57. The molecule has 18 heavy (non-hydrogen) atoms. The zero-order valence-electron chi connectivity index (χ0n) is 10.6. The van der Waals surface area contributed by atoms with Gasteiger partial charge in [-0.2, -0.15) is 0 Å². The maximum Gasteiger partial charge on any atom is 0.148 e. The fourth-order valence-electron chi connectivity index (χ4n) is 1.85. The van der Waals surface area contributed by atoms with E-state index in [1.54, 1.807) is 13.8 Å². The molecule has 2 unspecified atom stereocenters. The molecule has 0 aliphatic rings. The Bertz CT molecular complexity index is 497. The minimum absolute atomic E-state index is 0.0187. The van der Waals surface area contributed by atoms with Crippen LogP contribution in [-0.2, 0) is 9.84 Å². The highest BCUT2D eigenvalue weighted by Crippen LogP contribution is 2.16. The summed E-state index contributed by atoms with van der Waals surface area (Å²) in [5, 5.41) is 2.99. The Morgan fingerprint density at radius 2 is 1.67 bits per heavy atom. The molecule has 0 amide bonds. The Morgan fingerprint density at radius 3 is 2.11 bits per heavy atom. The standard InChI is InChI=1S/C12H17F2NO2S/c1-8(7-18(3,16)17)15-9(2)10-4-11(13)6-12(14)5-10/h4-6,8-9,15H,7H2,1-3H3. The second-order valence-electron chi connectivity index (χ2n) is 4.58. The molecule has 0 heterocycles. The molecule has 0 saturated carbocycles. The molecule has 0 aromatic heterocycles. The molecule has 1 N–H and O–H groups in total. The largest absolute Gasteiger partial charge is 0.307 e. The summed E-state index contributed by atoms with van der Waals surface area (Å²) >= 11 is 0. The number of halogens is 2. The normalized spacial score (nSPS) is 15.4.